The van der Waals surface area contributed by atoms with Gasteiger partial charge < -0.3 is 10.4 Å². The van der Waals surface area contributed by atoms with Gasteiger partial charge in [0.05, 0.1) is 18.3 Å². The van der Waals surface area contributed by atoms with Crippen LogP contribution in [0.25, 0.3) is 16.4 Å². The molecule has 1 aliphatic rings. The van der Waals surface area contributed by atoms with Gasteiger partial charge in [0.1, 0.15) is 17.7 Å². The van der Waals surface area contributed by atoms with Crippen molar-refractivity contribution in [1.29, 1.82) is 0 Å². The molecule has 0 saturated carbocycles. The minimum absolute atomic E-state index is 0.240. The van der Waals surface area contributed by atoms with E-state index in [2.05, 4.69) is 31.5 Å². The van der Waals surface area contributed by atoms with Gasteiger partial charge in [0.25, 0.3) is 0 Å². The van der Waals surface area contributed by atoms with Crippen molar-refractivity contribution in [2.45, 2.75) is 25.9 Å². The minimum Gasteiger partial charge on any atom is -0.396 e. The molecule has 2 aromatic carbocycles. The maximum absolute atomic E-state index is 13.6. The number of nitrogens with one attached hydrogen (secondary N) is 1. The minimum atomic E-state index is -0.245. The van der Waals surface area contributed by atoms with E-state index < -0.39 is 0 Å². The van der Waals surface area contributed by atoms with E-state index in [9.17, 15) is 9.50 Å². The Morgan fingerprint density at radius 3 is 2.92 bits per heavy atom. The second-order valence-corrected chi connectivity index (χ2v) is 9.50. The fraction of sp³-hybridized carbons (Fsp3) is 0.296. The van der Waals surface area contributed by atoms with E-state index in [1.54, 1.807) is 12.4 Å². The van der Waals surface area contributed by atoms with Crippen molar-refractivity contribution in [2.24, 2.45) is 5.92 Å². The average Bonchev–Trinajstić information content (AvgIpc) is 3.48. The maximum Gasteiger partial charge on any atom is 0.158 e. The number of aromatic nitrogens is 5. The van der Waals surface area contributed by atoms with Gasteiger partial charge in [-0.15, -0.1) is 0 Å². The third kappa shape index (κ3) is 4.55. The number of aliphatic hydroxyl groups excluding tert-OH is 1. The van der Waals surface area contributed by atoms with Crippen LogP contribution < -0.4 is 5.32 Å². The summed E-state index contributed by atoms with van der Waals surface area (Å²) in [5, 5.41) is 23.0. The predicted molar refractivity (Wildman–Crippen MR) is 137 cm³/mol. The van der Waals surface area contributed by atoms with Crippen molar-refractivity contribution in [3.05, 3.63) is 84.2 Å². The van der Waals surface area contributed by atoms with Crippen LogP contribution in [0.15, 0.2) is 67.3 Å². The van der Waals surface area contributed by atoms with E-state index in [1.165, 1.54) is 12.1 Å². The molecule has 0 spiro atoms. The number of fused-ring (bicyclic) bond motifs is 2. The van der Waals surface area contributed by atoms with Crippen LogP contribution >= 0.6 is 0 Å². The van der Waals surface area contributed by atoms with Gasteiger partial charge in [-0.2, -0.15) is 10.2 Å². The fourth-order valence-corrected chi connectivity index (χ4v) is 5.16. The van der Waals surface area contributed by atoms with Gasteiger partial charge in [-0.1, -0.05) is 12.1 Å². The molecule has 36 heavy (non-hydrogen) atoms. The zero-order valence-corrected chi connectivity index (χ0v) is 19.9. The van der Waals surface area contributed by atoms with Crippen LogP contribution in [0.5, 0.6) is 0 Å². The number of likely N-dealkylation sites (tertiary alicyclic amines) is 1. The molecule has 0 amide bonds. The van der Waals surface area contributed by atoms with Crippen molar-refractivity contribution in [3.8, 4) is 0 Å². The fourth-order valence-electron chi connectivity index (χ4n) is 5.16. The largest absolute Gasteiger partial charge is 0.396 e. The molecule has 1 aliphatic heterocycles. The summed E-state index contributed by atoms with van der Waals surface area (Å²) in [6.07, 6.45) is 7.53. The van der Waals surface area contributed by atoms with Crippen molar-refractivity contribution in [3.63, 3.8) is 0 Å². The topological polar surface area (TPSA) is 83.5 Å². The summed E-state index contributed by atoms with van der Waals surface area (Å²) < 4.78 is 17.3. The summed E-state index contributed by atoms with van der Waals surface area (Å²) in [6, 6.07) is 14.8. The number of anilines is 2. The lowest BCUT2D eigenvalue weighted by atomic mass is 9.98. The molecule has 1 atom stereocenters. The van der Waals surface area contributed by atoms with Crippen molar-refractivity contribution in [1.82, 2.24) is 29.3 Å². The Bertz CT molecular complexity index is 1510. The number of halogens is 1. The van der Waals surface area contributed by atoms with Crippen LogP contribution in [0.2, 0.25) is 0 Å². The average molecular weight is 486 g/mol. The standard InChI is InChI=1S/C27H28FN7O/c28-23-5-1-3-19(11-23)15-35-25-7-6-24(12-22(25)13-30-35)32-27-26-21(8-10-34(26)31-18-29-27)16-33-9-2-4-20(14-33)17-36/h1,3,5-8,10-13,18,20,36H,2,4,9,14-17H2,(H,29,31,32). The molecule has 8 nitrogen and oxygen atoms in total. The highest BCUT2D eigenvalue weighted by atomic mass is 19.1. The van der Waals surface area contributed by atoms with Gasteiger partial charge in [0.15, 0.2) is 5.82 Å². The monoisotopic (exact) mass is 485 g/mol. The molecule has 9 heteroatoms. The Labute approximate surface area is 208 Å². The summed E-state index contributed by atoms with van der Waals surface area (Å²) in [4.78, 5) is 6.95. The number of hydrogen-bond acceptors (Lipinski definition) is 6. The van der Waals surface area contributed by atoms with E-state index in [-0.39, 0.29) is 12.4 Å². The normalized spacial score (nSPS) is 16.7. The molecule has 0 bridgehead atoms. The van der Waals surface area contributed by atoms with E-state index in [0.717, 1.165) is 71.5 Å². The molecular weight excluding hydrogens is 457 g/mol. The molecule has 3 aromatic heterocycles. The van der Waals surface area contributed by atoms with E-state index in [0.29, 0.717) is 12.5 Å². The number of aliphatic hydroxyl groups is 1. The van der Waals surface area contributed by atoms with Crippen LogP contribution in [-0.2, 0) is 13.1 Å². The number of benzene rings is 2. The molecule has 1 saturated heterocycles. The van der Waals surface area contributed by atoms with E-state index >= 15 is 0 Å². The molecule has 1 fully saturated rings. The number of hydrogen-bond donors (Lipinski definition) is 2. The molecule has 5 aromatic rings. The van der Waals surface area contributed by atoms with Crippen LogP contribution in [0.3, 0.4) is 0 Å². The summed E-state index contributed by atoms with van der Waals surface area (Å²) in [5.74, 6) is 0.840. The summed E-state index contributed by atoms with van der Waals surface area (Å²) in [7, 11) is 0. The summed E-state index contributed by atoms with van der Waals surface area (Å²) >= 11 is 0. The second-order valence-electron chi connectivity index (χ2n) is 9.50. The SMILES string of the molecule is OCC1CCCN(Cc2ccn3ncnc(Nc4ccc5c(cnn5Cc5cccc(F)c5)c4)c23)C1. The highest BCUT2D eigenvalue weighted by Gasteiger charge is 2.21. The quantitative estimate of drug-likeness (QED) is 0.359. The van der Waals surface area contributed by atoms with E-state index in [1.807, 2.05) is 45.9 Å². The second kappa shape index (κ2) is 9.67. The van der Waals surface area contributed by atoms with Crippen molar-refractivity contribution < 1.29 is 9.50 Å². The number of nitrogens with zero attached hydrogens (tertiary/aromatic N) is 6. The van der Waals surface area contributed by atoms with Gasteiger partial charge in [0.2, 0.25) is 0 Å². The smallest absolute Gasteiger partial charge is 0.158 e. The molecule has 4 heterocycles. The third-order valence-electron chi connectivity index (χ3n) is 6.92. The molecule has 1 unspecified atom stereocenters. The highest BCUT2D eigenvalue weighted by molar-refractivity contribution is 5.85. The zero-order chi connectivity index (χ0) is 24.5. The zero-order valence-electron chi connectivity index (χ0n) is 19.9. The van der Waals surface area contributed by atoms with Gasteiger partial charge in [-0.3, -0.25) is 9.58 Å². The Morgan fingerprint density at radius 2 is 2.03 bits per heavy atom. The van der Waals surface area contributed by atoms with Gasteiger partial charge in [-0.05, 0) is 72.8 Å². The maximum atomic E-state index is 13.6. The first-order valence-electron chi connectivity index (χ1n) is 12.3. The van der Waals surface area contributed by atoms with Gasteiger partial charge in [0, 0.05) is 37.0 Å². The number of piperidine rings is 1. The Kier molecular flexibility index (Phi) is 6.08. The molecule has 0 aliphatic carbocycles. The first-order chi connectivity index (χ1) is 17.7. The Hall–Kier alpha value is -3.82. The van der Waals surface area contributed by atoms with Crippen LogP contribution in [-0.4, -0.2) is 54.1 Å². The molecule has 184 valence electrons. The molecule has 2 N–H and O–H groups in total. The lowest BCUT2D eigenvalue weighted by Crippen LogP contribution is -2.36. The Balaban J connectivity index is 1.25. The first kappa shape index (κ1) is 22.6. The van der Waals surface area contributed by atoms with Crippen molar-refractivity contribution in [2.75, 3.05) is 25.0 Å². The van der Waals surface area contributed by atoms with Crippen LogP contribution in [0.4, 0.5) is 15.9 Å². The first-order valence-corrected chi connectivity index (χ1v) is 12.3. The Morgan fingerprint density at radius 1 is 1.08 bits per heavy atom. The molecular formula is C27H28FN7O. The van der Waals surface area contributed by atoms with E-state index in [4.69, 9.17) is 0 Å². The summed E-state index contributed by atoms with van der Waals surface area (Å²) in [6.45, 7) is 3.47. The van der Waals surface area contributed by atoms with Gasteiger partial charge in [-0.25, -0.2) is 13.9 Å². The third-order valence-corrected chi connectivity index (χ3v) is 6.92. The van der Waals surface area contributed by atoms with Crippen molar-refractivity contribution >= 4 is 27.9 Å². The van der Waals surface area contributed by atoms with Gasteiger partial charge >= 0.3 is 0 Å². The lowest BCUT2D eigenvalue weighted by molar-refractivity contribution is 0.116. The number of rotatable bonds is 7. The summed E-state index contributed by atoms with van der Waals surface area (Å²) in [5.41, 5.74) is 4.85. The van der Waals surface area contributed by atoms with Crippen LogP contribution in [0.1, 0.15) is 24.0 Å². The molecule has 0 radical (unpaired) electrons. The predicted octanol–water partition coefficient (Wildman–Crippen LogP) is 4.21. The van der Waals surface area contributed by atoms with Crippen LogP contribution in [0, 0.1) is 11.7 Å². The highest BCUT2D eigenvalue weighted by Crippen LogP contribution is 2.27. The molecule has 6 rings (SSSR count). The lowest BCUT2D eigenvalue weighted by Gasteiger charge is -2.31.